The molecule has 276 valence electrons. The second-order valence-electron chi connectivity index (χ2n) is 13.6. The molecule has 0 unspecified atom stereocenters. The molecule has 16 heteroatoms. The van der Waals surface area contributed by atoms with E-state index in [9.17, 15) is 31.5 Å². The Hall–Kier alpha value is -5.05. The second-order valence-corrected chi connectivity index (χ2v) is 14.0. The summed E-state index contributed by atoms with van der Waals surface area (Å²) in [6.07, 6.45) is -2.03. The predicted molar refractivity (Wildman–Crippen MR) is 186 cm³/mol. The predicted octanol–water partition coefficient (Wildman–Crippen LogP) is 8.42. The van der Waals surface area contributed by atoms with Gasteiger partial charge in [0.2, 0.25) is 0 Å². The van der Waals surface area contributed by atoms with E-state index in [2.05, 4.69) is 15.1 Å². The highest BCUT2D eigenvalue weighted by Gasteiger charge is 2.64. The Morgan fingerprint density at radius 1 is 1.08 bits per heavy atom. The van der Waals surface area contributed by atoms with Gasteiger partial charge in [-0.25, -0.2) is 9.48 Å². The SMILES string of the molecule is CC(C)(C)CCN=C(N)N(C(=O)c1ccc(-c2cnn(C(F)F)c2)cc1)[C@H](COC(=O)NC1(C(F)(F)F)CC1)c1ccc(Cl)c(-c2ccccn2)c1. The van der Waals surface area contributed by atoms with Crippen molar-refractivity contribution in [2.45, 2.75) is 64.3 Å². The van der Waals surface area contributed by atoms with E-state index in [1.807, 2.05) is 26.1 Å². The van der Waals surface area contributed by atoms with Crippen molar-refractivity contribution in [1.82, 2.24) is 25.0 Å². The molecule has 1 aliphatic carbocycles. The van der Waals surface area contributed by atoms with E-state index in [-0.39, 0.29) is 36.3 Å². The number of amides is 2. The average molecular weight is 746 g/mol. The lowest BCUT2D eigenvalue weighted by atomic mass is 9.92. The highest BCUT2D eigenvalue weighted by molar-refractivity contribution is 6.33. The zero-order chi connectivity index (χ0) is 37.8. The summed E-state index contributed by atoms with van der Waals surface area (Å²) in [6, 6.07) is 14.7. The average Bonchev–Trinajstić information content (AvgIpc) is 3.71. The van der Waals surface area contributed by atoms with Crippen molar-refractivity contribution in [3.8, 4) is 22.4 Å². The van der Waals surface area contributed by atoms with E-state index >= 15 is 0 Å². The molecule has 4 aromatic rings. The molecule has 0 saturated heterocycles. The molecule has 2 amide bonds. The molecule has 1 fully saturated rings. The molecule has 52 heavy (non-hydrogen) atoms. The number of alkyl carbamates (subject to hydrolysis) is 1. The first kappa shape index (κ1) is 38.2. The maximum atomic E-state index is 14.4. The number of guanidine groups is 1. The Balaban J connectivity index is 1.55. The van der Waals surface area contributed by atoms with Crippen molar-refractivity contribution < 1.29 is 36.3 Å². The lowest BCUT2D eigenvalue weighted by Gasteiger charge is -2.32. The summed E-state index contributed by atoms with van der Waals surface area (Å²) in [7, 11) is 0. The minimum Gasteiger partial charge on any atom is -0.447 e. The number of rotatable bonds is 11. The first-order chi connectivity index (χ1) is 24.5. The third-order valence-electron chi connectivity index (χ3n) is 8.50. The van der Waals surface area contributed by atoms with Crippen LogP contribution in [0, 0.1) is 5.41 Å². The third-order valence-corrected chi connectivity index (χ3v) is 8.83. The standard InChI is InChI=1S/C36H37ClF5N7O3/c1-34(2,3)15-17-45-32(43)49(30(50)23-9-7-22(8-10-23)25-19-46-48(20-25)31(38)39)29(21-52-33(51)47-35(13-14-35)36(40,41)42)24-11-12-27(37)26(18-24)28-6-4-5-16-44-28/h4-12,16,18-20,29,31H,13-15,17,21H2,1-3H3,(H2,43,45)(H,47,51)/t29-/m1/s1. The number of alkyl halides is 5. The molecule has 1 atom stereocenters. The number of hydrogen-bond donors (Lipinski definition) is 2. The van der Waals surface area contributed by atoms with Gasteiger partial charge in [-0.3, -0.25) is 19.7 Å². The Morgan fingerprint density at radius 2 is 1.79 bits per heavy atom. The van der Waals surface area contributed by atoms with E-state index in [0.29, 0.717) is 44.1 Å². The van der Waals surface area contributed by atoms with E-state index < -0.39 is 42.9 Å². The molecule has 2 aromatic heterocycles. The summed E-state index contributed by atoms with van der Waals surface area (Å²) >= 11 is 6.56. The number of nitrogens with zero attached hydrogens (tertiary/aromatic N) is 5. The maximum Gasteiger partial charge on any atom is 0.411 e. The number of ether oxygens (including phenoxy) is 1. The summed E-state index contributed by atoms with van der Waals surface area (Å²) in [5.41, 5.74) is 6.32. The number of aromatic nitrogens is 3. The van der Waals surface area contributed by atoms with Crippen LogP contribution in [0.5, 0.6) is 0 Å². The molecule has 2 aromatic carbocycles. The van der Waals surface area contributed by atoms with E-state index in [1.165, 1.54) is 30.5 Å². The van der Waals surface area contributed by atoms with Crippen molar-refractivity contribution in [2.75, 3.05) is 13.2 Å². The normalized spacial score (nSPS) is 14.9. The van der Waals surface area contributed by atoms with Crippen LogP contribution in [0.15, 0.2) is 84.2 Å². The summed E-state index contributed by atoms with van der Waals surface area (Å²) in [6.45, 7) is 2.76. The molecular formula is C36H37ClF5N7O3. The first-order valence-electron chi connectivity index (χ1n) is 16.3. The minimum absolute atomic E-state index is 0.0985. The molecule has 1 saturated carbocycles. The summed E-state index contributed by atoms with van der Waals surface area (Å²) in [5.74, 6) is -0.932. The quantitative estimate of drug-likeness (QED) is 0.0902. The molecule has 0 bridgehead atoms. The highest BCUT2D eigenvalue weighted by atomic mass is 35.5. The number of carbonyl (C=O) groups is 2. The number of nitrogens with two attached hydrogens (primary N) is 1. The van der Waals surface area contributed by atoms with Crippen molar-refractivity contribution in [3.63, 3.8) is 0 Å². The Morgan fingerprint density at radius 3 is 2.37 bits per heavy atom. The zero-order valence-electron chi connectivity index (χ0n) is 28.5. The molecule has 0 aliphatic heterocycles. The van der Waals surface area contributed by atoms with Gasteiger partial charge in [0.1, 0.15) is 12.1 Å². The van der Waals surface area contributed by atoms with Crippen LogP contribution in [0.2, 0.25) is 5.02 Å². The monoisotopic (exact) mass is 745 g/mol. The largest absolute Gasteiger partial charge is 0.447 e. The number of hydrogen-bond acceptors (Lipinski definition) is 6. The van der Waals surface area contributed by atoms with E-state index in [1.54, 1.807) is 42.6 Å². The van der Waals surface area contributed by atoms with Crippen molar-refractivity contribution in [2.24, 2.45) is 16.1 Å². The van der Waals surface area contributed by atoms with Gasteiger partial charge >= 0.3 is 18.8 Å². The lowest BCUT2D eigenvalue weighted by Crippen LogP contribution is -2.49. The molecule has 5 rings (SSSR count). The van der Waals surface area contributed by atoms with Gasteiger partial charge in [-0.2, -0.15) is 27.1 Å². The van der Waals surface area contributed by atoms with Crippen molar-refractivity contribution >= 4 is 29.6 Å². The number of benzene rings is 2. The zero-order valence-corrected chi connectivity index (χ0v) is 29.3. The van der Waals surface area contributed by atoms with Crippen LogP contribution in [-0.4, -0.2) is 62.5 Å². The minimum atomic E-state index is -4.68. The fourth-order valence-corrected chi connectivity index (χ4v) is 5.52. The molecule has 0 radical (unpaired) electrons. The summed E-state index contributed by atoms with van der Waals surface area (Å²) in [4.78, 5) is 37.3. The van der Waals surface area contributed by atoms with Crippen LogP contribution in [0.1, 0.15) is 68.5 Å². The van der Waals surface area contributed by atoms with Gasteiger partial charge in [0.25, 0.3) is 5.91 Å². The summed E-state index contributed by atoms with van der Waals surface area (Å²) in [5, 5.41) is 5.90. The van der Waals surface area contributed by atoms with E-state index in [4.69, 9.17) is 22.1 Å². The van der Waals surface area contributed by atoms with Crippen LogP contribution >= 0.6 is 11.6 Å². The van der Waals surface area contributed by atoms with Gasteiger partial charge in [-0.05, 0) is 72.2 Å². The Labute approximate surface area is 301 Å². The topological polar surface area (TPSA) is 128 Å². The second kappa shape index (κ2) is 15.3. The summed E-state index contributed by atoms with van der Waals surface area (Å²) < 4.78 is 73.1. The number of halogens is 6. The fraction of sp³-hybridized carbons (Fsp3) is 0.361. The number of aliphatic imine (C=N–C) groups is 1. The lowest BCUT2D eigenvalue weighted by molar-refractivity contribution is -0.164. The van der Waals surface area contributed by atoms with Gasteiger partial charge in [0.05, 0.1) is 17.9 Å². The Bertz CT molecular complexity index is 1910. The fourth-order valence-electron chi connectivity index (χ4n) is 5.30. The first-order valence-corrected chi connectivity index (χ1v) is 16.6. The number of pyridine rings is 1. The van der Waals surface area contributed by atoms with Gasteiger partial charge < -0.3 is 15.8 Å². The van der Waals surface area contributed by atoms with Gasteiger partial charge in [0, 0.05) is 40.7 Å². The van der Waals surface area contributed by atoms with Gasteiger partial charge in [0.15, 0.2) is 5.96 Å². The number of nitrogens with one attached hydrogen (secondary N) is 1. The van der Waals surface area contributed by atoms with Crippen LogP contribution in [0.25, 0.3) is 22.4 Å². The molecule has 10 nitrogen and oxygen atoms in total. The molecule has 2 heterocycles. The maximum absolute atomic E-state index is 14.4. The third kappa shape index (κ3) is 9.05. The van der Waals surface area contributed by atoms with Gasteiger partial charge in [-0.1, -0.05) is 56.6 Å². The van der Waals surface area contributed by atoms with Crippen LogP contribution in [0.4, 0.5) is 26.7 Å². The molecule has 3 N–H and O–H groups in total. The van der Waals surface area contributed by atoms with Crippen molar-refractivity contribution in [1.29, 1.82) is 0 Å². The highest BCUT2D eigenvalue weighted by Crippen LogP contribution is 2.49. The van der Waals surface area contributed by atoms with E-state index in [0.717, 1.165) is 11.1 Å². The molecule has 0 spiro atoms. The van der Waals surface area contributed by atoms with Gasteiger partial charge in [-0.15, -0.1) is 0 Å². The van der Waals surface area contributed by atoms with Crippen LogP contribution in [0.3, 0.4) is 0 Å². The van der Waals surface area contributed by atoms with Crippen LogP contribution in [-0.2, 0) is 4.74 Å². The Kier molecular flexibility index (Phi) is 11.2. The van der Waals surface area contributed by atoms with Crippen molar-refractivity contribution in [3.05, 3.63) is 95.4 Å². The molecule has 1 aliphatic rings. The van der Waals surface area contributed by atoms with Crippen LogP contribution < -0.4 is 11.1 Å². The smallest absolute Gasteiger partial charge is 0.411 e. The molecular weight excluding hydrogens is 709 g/mol. The number of carbonyl (C=O) groups excluding carboxylic acids is 2.